The van der Waals surface area contributed by atoms with Gasteiger partial charge in [-0.05, 0) is 19.3 Å². The molecule has 0 radical (unpaired) electrons. The summed E-state index contributed by atoms with van der Waals surface area (Å²) in [7, 11) is 0. The Bertz CT molecular complexity index is 120. The highest BCUT2D eigenvalue weighted by atomic mass is 32.2. The van der Waals surface area contributed by atoms with Crippen molar-refractivity contribution in [3.63, 3.8) is 0 Å². The second-order valence-electron chi connectivity index (χ2n) is 4.53. The van der Waals surface area contributed by atoms with Gasteiger partial charge < -0.3 is 0 Å². The van der Waals surface area contributed by atoms with Crippen LogP contribution in [0.5, 0.6) is 0 Å². The Morgan fingerprint density at radius 2 is 1.25 bits per heavy atom. The van der Waals surface area contributed by atoms with E-state index in [-0.39, 0.29) is 0 Å². The molecular formula is C14H31NS. The van der Waals surface area contributed by atoms with Crippen molar-refractivity contribution in [3.8, 4) is 0 Å². The monoisotopic (exact) mass is 245 g/mol. The van der Waals surface area contributed by atoms with E-state index in [1.54, 1.807) is 0 Å². The molecule has 0 unspecified atom stereocenters. The maximum atomic E-state index is 2.60. The molecule has 0 bridgehead atoms. The minimum Gasteiger partial charge on any atom is -0.251 e. The second kappa shape index (κ2) is 13.4. The summed E-state index contributed by atoms with van der Waals surface area (Å²) in [5.41, 5.74) is 0. The molecule has 0 heterocycles. The van der Waals surface area contributed by atoms with Crippen molar-refractivity contribution in [2.75, 3.05) is 18.8 Å². The van der Waals surface area contributed by atoms with E-state index in [0.717, 1.165) is 0 Å². The molecule has 0 fully saturated rings. The zero-order valence-electron chi connectivity index (χ0n) is 11.6. The fourth-order valence-electron chi connectivity index (χ4n) is 1.63. The zero-order chi connectivity index (χ0) is 12.1. The lowest BCUT2D eigenvalue weighted by Crippen LogP contribution is -2.19. The second-order valence-corrected chi connectivity index (χ2v) is 5.71. The van der Waals surface area contributed by atoms with Crippen LogP contribution in [0, 0.1) is 0 Å². The van der Waals surface area contributed by atoms with E-state index in [1.807, 2.05) is 0 Å². The van der Waals surface area contributed by atoms with E-state index >= 15 is 0 Å². The highest BCUT2D eigenvalue weighted by Crippen LogP contribution is 2.15. The van der Waals surface area contributed by atoms with Gasteiger partial charge in [0, 0.05) is 18.8 Å². The smallest absolute Gasteiger partial charge is 0.00892 e. The molecule has 98 valence electrons. The molecule has 16 heavy (non-hydrogen) atoms. The maximum Gasteiger partial charge on any atom is 0.00892 e. The van der Waals surface area contributed by atoms with Crippen LogP contribution in [0.2, 0.25) is 0 Å². The SMILES string of the molecule is CCCCCCSN(CCCC)CCCC. The molecule has 1 nitrogen and oxygen atoms in total. The Balaban J connectivity index is 3.48. The fourth-order valence-corrected chi connectivity index (χ4v) is 2.74. The molecule has 0 amide bonds. The Kier molecular flexibility index (Phi) is 13.6. The average molecular weight is 245 g/mol. The normalized spacial score (nSPS) is 11.2. The number of hydrogen-bond donors (Lipinski definition) is 0. The van der Waals surface area contributed by atoms with E-state index < -0.39 is 0 Å². The molecule has 0 aromatic heterocycles. The van der Waals surface area contributed by atoms with Crippen LogP contribution >= 0.6 is 11.9 Å². The van der Waals surface area contributed by atoms with Crippen LogP contribution in [0.1, 0.15) is 72.1 Å². The molecule has 0 saturated heterocycles. The minimum absolute atomic E-state index is 1.29. The maximum absolute atomic E-state index is 2.60. The van der Waals surface area contributed by atoms with Gasteiger partial charge in [-0.25, -0.2) is 0 Å². The van der Waals surface area contributed by atoms with Crippen LogP contribution in [-0.2, 0) is 0 Å². The summed E-state index contributed by atoms with van der Waals surface area (Å²) in [5, 5.41) is 0. The summed E-state index contributed by atoms with van der Waals surface area (Å²) in [4.78, 5) is 0. The van der Waals surface area contributed by atoms with E-state index in [9.17, 15) is 0 Å². The van der Waals surface area contributed by atoms with Crippen molar-refractivity contribution in [2.24, 2.45) is 0 Å². The van der Waals surface area contributed by atoms with E-state index in [2.05, 4.69) is 37.0 Å². The molecule has 0 N–H and O–H groups in total. The van der Waals surface area contributed by atoms with Gasteiger partial charge in [0.1, 0.15) is 0 Å². The van der Waals surface area contributed by atoms with Crippen LogP contribution < -0.4 is 0 Å². The lowest BCUT2D eigenvalue weighted by atomic mass is 10.2. The first-order valence-corrected chi connectivity index (χ1v) is 8.17. The summed E-state index contributed by atoms with van der Waals surface area (Å²) in [6.45, 7) is 9.42. The van der Waals surface area contributed by atoms with Gasteiger partial charge in [0.25, 0.3) is 0 Å². The number of rotatable bonds is 12. The summed E-state index contributed by atoms with van der Waals surface area (Å²) < 4.78 is 2.60. The number of hydrogen-bond acceptors (Lipinski definition) is 2. The molecule has 0 aliphatic rings. The number of nitrogens with zero attached hydrogens (tertiary/aromatic N) is 1. The zero-order valence-corrected chi connectivity index (χ0v) is 12.5. The van der Waals surface area contributed by atoms with Crippen molar-refractivity contribution >= 4 is 11.9 Å². The van der Waals surface area contributed by atoms with E-state index in [4.69, 9.17) is 0 Å². The first-order chi connectivity index (χ1) is 7.85. The topological polar surface area (TPSA) is 3.24 Å². The van der Waals surface area contributed by atoms with Crippen molar-refractivity contribution in [1.29, 1.82) is 0 Å². The van der Waals surface area contributed by atoms with E-state index in [1.165, 1.54) is 70.2 Å². The predicted octanol–water partition coefficient (Wildman–Crippen LogP) is 5.12. The largest absolute Gasteiger partial charge is 0.251 e. The van der Waals surface area contributed by atoms with Gasteiger partial charge in [-0.15, -0.1) is 0 Å². The van der Waals surface area contributed by atoms with Crippen molar-refractivity contribution in [3.05, 3.63) is 0 Å². The highest BCUT2D eigenvalue weighted by Gasteiger charge is 2.03. The summed E-state index contributed by atoms with van der Waals surface area (Å²) in [5.74, 6) is 1.33. The van der Waals surface area contributed by atoms with Crippen LogP contribution in [0.15, 0.2) is 0 Å². The van der Waals surface area contributed by atoms with Crippen LogP contribution in [0.25, 0.3) is 0 Å². The molecule has 0 saturated carbocycles. The Labute approximate surface area is 108 Å². The van der Waals surface area contributed by atoms with Crippen molar-refractivity contribution in [2.45, 2.75) is 72.1 Å². The molecule has 0 aromatic rings. The van der Waals surface area contributed by atoms with Gasteiger partial charge in [0.2, 0.25) is 0 Å². The Morgan fingerprint density at radius 1 is 0.688 bits per heavy atom. The first kappa shape index (κ1) is 16.3. The van der Waals surface area contributed by atoms with Gasteiger partial charge in [-0.1, -0.05) is 64.8 Å². The quantitative estimate of drug-likeness (QED) is 0.347. The molecule has 0 aliphatic heterocycles. The van der Waals surface area contributed by atoms with E-state index in [0.29, 0.717) is 0 Å². The van der Waals surface area contributed by atoms with Gasteiger partial charge >= 0.3 is 0 Å². The van der Waals surface area contributed by atoms with Crippen LogP contribution in [0.4, 0.5) is 0 Å². The van der Waals surface area contributed by atoms with Gasteiger partial charge in [-0.3, -0.25) is 4.31 Å². The lowest BCUT2D eigenvalue weighted by Gasteiger charge is -2.20. The minimum atomic E-state index is 1.29. The molecule has 0 spiro atoms. The molecule has 0 rings (SSSR count). The standard InChI is InChI=1S/C14H31NS/c1-4-7-10-11-14-16-15(12-8-5-2)13-9-6-3/h4-14H2,1-3H3. The predicted molar refractivity (Wildman–Crippen MR) is 78.0 cm³/mol. The first-order valence-electron chi connectivity index (χ1n) is 7.23. The average Bonchev–Trinajstić information content (AvgIpc) is 2.31. The number of unbranched alkanes of at least 4 members (excludes halogenated alkanes) is 5. The Hall–Kier alpha value is 0.310. The third-order valence-corrected chi connectivity index (χ3v) is 4.00. The molecular weight excluding hydrogens is 214 g/mol. The van der Waals surface area contributed by atoms with Crippen LogP contribution in [0.3, 0.4) is 0 Å². The molecule has 0 aromatic carbocycles. The molecule has 2 heteroatoms. The van der Waals surface area contributed by atoms with Gasteiger partial charge in [-0.2, -0.15) is 0 Å². The third-order valence-electron chi connectivity index (χ3n) is 2.79. The molecule has 0 aliphatic carbocycles. The fraction of sp³-hybridized carbons (Fsp3) is 1.00. The summed E-state index contributed by atoms with van der Waals surface area (Å²) >= 11 is 2.09. The summed E-state index contributed by atoms with van der Waals surface area (Å²) in [6, 6.07) is 0. The van der Waals surface area contributed by atoms with Crippen molar-refractivity contribution in [1.82, 2.24) is 4.31 Å². The lowest BCUT2D eigenvalue weighted by molar-refractivity contribution is 0.443. The Morgan fingerprint density at radius 3 is 1.75 bits per heavy atom. The molecule has 0 atom stereocenters. The van der Waals surface area contributed by atoms with Gasteiger partial charge in [0.05, 0.1) is 0 Å². The highest BCUT2D eigenvalue weighted by molar-refractivity contribution is 7.97. The van der Waals surface area contributed by atoms with Crippen LogP contribution in [-0.4, -0.2) is 23.1 Å². The third kappa shape index (κ3) is 10.8. The van der Waals surface area contributed by atoms with Gasteiger partial charge in [0.15, 0.2) is 0 Å². The summed E-state index contributed by atoms with van der Waals surface area (Å²) in [6.07, 6.45) is 10.9. The van der Waals surface area contributed by atoms with Crippen molar-refractivity contribution < 1.29 is 0 Å².